The van der Waals surface area contributed by atoms with E-state index < -0.39 is 5.82 Å². The third kappa shape index (κ3) is 2.83. The van der Waals surface area contributed by atoms with Gasteiger partial charge in [0.2, 0.25) is 0 Å². The fourth-order valence-corrected chi connectivity index (χ4v) is 2.21. The van der Waals surface area contributed by atoms with Crippen LogP contribution in [0.25, 0.3) is 0 Å². The molecule has 0 aliphatic heterocycles. The van der Waals surface area contributed by atoms with Gasteiger partial charge >= 0.3 is 0 Å². The van der Waals surface area contributed by atoms with E-state index in [1.54, 1.807) is 30.3 Å². The molecule has 0 amide bonds. The Morgan fingerprint density at radius 1 is 1.28 bits per heavy atom. The number of hydrogen-bond donors (Lipinski definition) is 1. The van der Waals surface area contributed by atoms with Gasteiger partial charge in [0.1, 0.15) is 5.75 Å². The summed E-state index contributed by atoms with van der Waals surface area (Å²) in [5, 5.41) is 0.399. The zero-order valence-electron chi connectivity index (χ0n) is 9.29. The lowest BCUT2D eigenvalue weighted by molar-refractivity contribution is 0.436. The van der Waals surface area contributed by atoms with Gasteiger partial charge in [0.15, 0.2) is 11.6 Å². The average molecular weight is 331 g/mol. The molecule has 0 fully saturated rings. The van der Waals surface area contributed by atoms with Crippen molar-refractivity contribution in [2.45, 2.75) is 6.54 Å². The maximum atomic E-state index is 13.7. The molecule has 0 spiro atoms. The lowest BCUT2D eigenvalue weighted by atomic mass is 10.2. The molecule has 0 radical (unpaired) electrons. The fourth-order valence-electron chi connectivity index (χ4n) is 1.50. The Balaban J connectivity index is 2.39. The smallest absolute Gasteiger partial charge is 0.167 e. The molecule has 0 aliphatic carbocycles. The predicted molar refractivity (Wildman–Crippen MR) is 73.5 cm³/mol. The van der Waals surface area contributed by atoms with Crippen LogP contribution < -0.4 is 10.5 Å². The zero-order valence-corrected chi connectivity index (χ0v) is 11.6. The largest absolute Gasteiger partial charge is 0.452 e. The second-order valence-electron chi connectivity index (χ2n) is 3.61. The van der Waals surface area contributed by atoms with Crippen LogP contribution in [0.2, 0.25) is 5.02 Å². The fraction of sp³-hybridized carbons (Fsp3) is 0.0769. The van der Waals surface area contributed by atoms with Gasteiger partial charge in [-0.05, 0) is 24.3 Å². The first-order valence-electron chi connectivity index (χ1n) is 5.22. The summed E-state index contributed by atoms with van der Waals surface area (Å²) >= 11 is 9.31. The first-order chi connectivity index (χ1) is 8.61. The summed E-state index contributed by atoms with van der Waals surface area (Å²) in [5.74, 6) is 0.0424. The maximum absolute atomic E-state index is 13.7. The summed E-state index contributed by atoms with van der Waals surface area (Å²) in [4.78, 5) is 0. The Morgan fingerprint density at radius 3 is 2.72 bits per heavy atom. The highest BCUT2D eigenvalue weighted by atomic mass is 79.9. The van der Waals surface area contributed by atoms with Crippen LogP contribution in [0.15, 0.2) is 40.9 Å². The molecule has 5 heteroatoms. The van der Waals surface area contributed by atoms with Crippen molar-refractivity contribution < 1.29 is 9.13 Å². The molecule has 2 nitrogen and oxygen atoms in total. The van der Waals surface area contributed by atoms with E-state index in [0.29, 0.717) is 16.3 Å². The van der Waals surface area contributed by atoms with Crippen LogP contribution in [0.5, 0.6) is 11.5 Å². The number of hydrogen-bond acceptors (Lipinski definition) is 2. The van der Waals surface area contributed by atoms with E-state index in [0.717, 1.165) is 4.47 Å². The first-order valence-corrected chi connectivity index (χ1v) is 6.39. The van der Waals surface area contributed by atoms with Crippen molar-refractivity contribution in [2.24, 2.45) is 5.73 Å². The molecule has 18 heavy (non-hydrogen) atoms. The zero-order chi connectivity index (χ0) is 13.1. The number of halogens is 3. The number of para-hydroxylation sites is 1. The minimum atomic E-state index is -0.461. The Kier molecular flexibility index (Phi) is 4.22. The Morgan fingerprint density at radius 2 is 2.06 bits per heavy atom. The SMILES string of the molecule is NCc1cccc(F)c1Oc1ccc(Br)cc1Cl. The van der Waals surface area contributed by atoms with E-state index in [4.69, 9.17) is 22.1 Å². The molecule has 0 saturated carbocycles. The summed E-state index contributed by atoms with van der Waals surface area (Å²) in [5.41, 5.74) is 6.14. The molecule has 0 saturated heterocycles. The highest BCUT2D eigenvalue weighted by Gasteiger charge is 2.11. The lowest BCUT2D eigenvalue weighted by Crippen LogP contribution is -2.01. The Hall–Kier alpha value is -1.10. The van der Waals surface area contributed by atoms with Gasteiger partial charge in [-0.25, -0.2) is 4.39 Å². The molecular formula is C13H10BrClFNO. The predicted octanol–water partition coefficient (Wildman–Crippen LogP) is 4.49. The van der Waals surface area contributed by atoms with Crippen LogP contribution in [0, 0.1) is 5.82 Å². The van der Waals surface area contributed by atoms with Gasteiger partial charge in [0.05, 0.1) is 5.02 Å². The highest BCUT2D eigenvalue weighted by molar-refractivity contribution is 9.10. The summed E-state index contributed by atoms with van der Waals surface area (Å²) in [6, 6.07) is 9.74. The average Bonchev–Trinajstić information content (AvgIpc) is 2.34. The third-order valence-electron chi connectivity index (χ3n) is 2.37. The van der Waals surface area contributed by atoms with Crippen molar-refractivity contribution in [3.8, 4) is 11.5 Å². The van der Waals surface area contributed by atoms with Gasteiger partial charge < -0.3 is 10.5 Å². The third-order valence-corrected chi connectivity index (χ3v) is 3.16. The van der Waals surface area contributed by atoms with Crippen molar-refractivity contribution in [1.82, 2.24) is 0 Å². The first kappa shape index (κ1) is 13.3. The number of nitrogens with two attached hydrogens (primary N) is 1. The summed E-state index contributed by atoms with van der Waals surface area (Å²) in [6.45, 7) is 0.196. The number of benzene rings is 2. The second kappa shape index (κ2) is 5.69. The van der Waals surface area contributed by atoms with Crippen molar-refractivity contribution in [2.75, 3.05) is 0 Å². The highest BCUT2D eigenvalue weighted by Crippen LogP contribution is 2.34. The molecule has 0 atom stereocenters. The maximum Gasteiger partial charge on any atom is 0.167 e. The van der Waals surface area contributed by atoms with Gasteiger partial charge in [0, 0.05) is 16.6 Å². The van der Waals surface area contributed by atoms with Crippen molar-refractivity contribution in [3.05, 3.63) is 57.3 Å². The summed E-state index contributed by atoms with van der Waals surface area (Å²) < 4.78 is 20.0. The Bertz CT molecular complexity index is 577. The molecule has 0 aliphatic rings. The number of ether oxygens (including phenoxy) is 1. The summed E-state index contributed by atoms with van der Waals surface area (Å²) in [6.07, 6.45) is 0. The molecule has 2 aromatic rings. The van der Waals surface area contributed by atoms with E-state index in [1.165, 1.54) is 6.07 Å². The topological polar surface area (TPSA) is 35.2 Å². The van der Waals surface area contributed by atoms with Crippen molar-refractivity contribution in [1.29, 1.82) is 0 Å². The standard InChI is InChI=1S/C13H10BrClFNO/c14-9-4-5-12(10(15)6-9)18-13-8(7-17)2-1-3-11(13)16/h1-6H,7,17H2. The van der Waals surface area contributed by atoms with Crippen LogP contribution in [0.1, 0.15) is 5.56 Å². The lowest BCUT2D eigenvalue weighted by Gasteiger charge is -2.12. The van der Waals surface area contributed by atoms with Crippen LogP contribution >= 0.6 is 27.5 Å². The molecule has 0 bridgehead atoms. The molecule has 0 unspecified atom stereocenters. The Labute approximate surface area is 118 Å². The molecule has 94 valence electrons. The van der Waals surface area contributed by atoms with E-state index in [1.807, 2.05) is 0 Å². The van der Waals surface area contributed by atoms with E-state index >= 15 is 0 Å². The number of rotatable bonds is 3. The van der Waals surface area contributed by atoms with E-state index in [2.05, 4.69) is 15.9 Å². The van der Waals surface area contributed by atoms with Gasteiger partial charge in [-0.15, -0.1) is 0 Å². The van der Waals surface area contributed by atoms with Crippen molar-refractivity contribution >= 4 is 27.5 Å². The molecule has 2 N–H and O–H groups in total. The monoisotopic (exact) mass is 329 g/mol. The van der Waals surface area contributed by atoms with Crippen LogP contribution in [-0.2, 0) is 6.54 Å². The second-order valence-corrected chi connectivity index (χ2v) is 4.93. The van der Waals surface area contributed by atoms with Gasteiger partial charge in [-0.3, -0.25) is 0 Å². The summed E-state index contributed by atoms with van der Waals surface area (Å²) in [7, 11) is 0. The van der Waals surface area contributed by atoms with E-state index in [9.17, 15) is 4.39 Å². The molecule has 0 aromatic heterocycles. The van der Waals surface area contributed by atoms with E-state index in [-0.39, 0.29) is 12.3 Å². The minimum absolute atomic E-state index is 0.115. The van der Waals surface area contributed by atoms with Gasteiger partial charge in [-0.1, -0.05) is 39.7 Å². The molecule has 2 rings (SSSR count). The quantitative estimate of drug-likeness (QED) is 0.899. The minimum Gasteiger partial charge on any atom is -0.452 e. The van der Waals surface area contributed by atoms with Crippen LogP contribution in [0.3, 0.4) is 0 Å². The van der Waals surface area contributed by atoms with Crippen molar-refractivity contribution in [3.63, 3.8) is 0 Å². The van der Waals surface area contributed by atoms with Gasteiger partial charge in [-0.2, -0.15) is 0 Å². The molecule has 0 heterocycles. The van der Waals surface area contributed by atoms with Gasteiger partial charge in [0.25, 0.3) is 0 Å². The molecule has 2 aromatic carbocycles. The molecular weight excluding hydrogens is 321 g/mol. The normalized spacial score (nSPS) is 10.4. The van der Waals surface area contributed by atoms with Crippen LogP contribution in [-0.4, -0.2) is 0 Å². The van der Waals surface area contributed by atoms with Crippen LogP contribution in [0.4, 0.5) is 4.39 Å².